The second-order valence-corrected chi connectivity index (χ2v) is 4.58. The molecule has 0 aliphatic rings. The predicted molar refractivity (Wildman–Crippen MR) is 74.4 cm³/mol. The van der Waals surface area contributed by atoms with Crippen LogP contribution in [0.15, 0.2) is 66.9 Å². The number of hydrogen-bond donors (Lipinski definition) is 0. The Morgan fingerprint density at radius 3 is 2.26 bits per heavy atom. The third-order valence-corrected chi connectivity index (χ3v) is 3.13. The second kappa shape index (κ2) is 5.06. The van der Waals surface area contributed by atoms with Crippen molar-refractivity contribution in [2.24, 2.45) is 7.05 Å². The normalized spacial score (nSPS) is 10.6. The van der Waals surface area contributed by atoms with Gasteiger partial charge in [-0.05, 0) is 5.56 Å². The Morgan fingerprint density at radius 1 is 0.947 bits per heavy atom. The highest BCUT2D eigenvalue weighted by molar-refractivity contribution is 5.54. The van der Waals surface area contributed by atoms with Gasteiger partial charge in [-0.1, -0.05) is 60.7 Å². The molecule has 0 unspecified atom stereocenters. The summed E-state index contributed by atoms with van der Waals surface area (Å²) in [6.45, 7) is 0.793. The lowest BCUT2D eigenvalue weighted by atomic mass is 10.2. The summed E-state index contributed by atoms with van der Waals surface area (Å²) in [6.07, 6.45) is 2.09. The molecule has 3 rings (SSSR count). The molecular formula is C16H16N3+. The monoisotopic (exact) mass is 250 g/mol. The lowest BCUT2D eigenvalue weighted by molar-refractivity contribution is -0.722. The minimum absolute atomic E-state index is 0.793. The van der Waals surface area contributed by atoms with E-state index < -0.39 is 0 Å². The molecule has 3 heteroatoms. The van der Waals surface area contributed by atoms with Crippen LogP contribution in [0.3, 0.4) is 0 Å². The number of benzene rings is 2. The fourth-order valence-corrected chi connectivity index (χ4v) is 2.19. The third-order valence-electron chi connectivity index (χ3n) is 3.13. The van der Waals surface area contributed by atoms with Gasteiger partial charge in [-0.15, -0.1) is 9.36 Å². The van der Waals surface area contributed by atoms with E-state index in [0.29, 0.717) is 0 Å². The Hall–Kier alpha value is -2.42. The maximum atomic E-state index is 4.52. The highest BCUT2D eigenvalue weighted by Crippen LogP contribution is 2.14. The van der Waals surface area contributed by atoms with Gasteiger partial charge in [0.2, 0.25) is 0 Å². The fourth-order valence-electron chi connectivity index (χ4n) is 2.19. The van der Waals surface area contributed by atoms with Crippen LogP contribution < -0.4 is 4.68 Å². The first kappa shape index (κ1) is 11.7. The zero-order chi connectivity index (χ0) is 13.1. The topological polar surface area (TPSA) is 21.7 Å². The molecule has 0 saturated carbocycles. The number of rotatable bonds is 3. The minimum atomic E-state index is 0.793. The average Bonchev–Trinajstić information content (AvgIpc) is 2.82. The van der Waals surface area contributed by atoms with E-state index in [1.807, 2.05) is 40.7 Å². The molecule has 0 spiro atoms. The van der Waals surface area contributed by atoms with Gasteiger partial charge in [-0.3, -0.25) is 0 Å². The molecule has 0 aliphatic carbocycles. The molecule has 0 aliphatic heterocycles. The van der Waals surface area contributed by atoms with Crippen molar-refractivity contribution < 1.29 is 4.68 Å². The standard InChI is InChI=1S/C16H16N3/c1-18-16(15-10-6-3-7-11-15)13-19(17-18)12-14-8-4-2-5-9-14/h2-11,13H,12H2,1H3/q+1. The molecule has 3 nitrogen and oxygen atoms in total. The SMILES string of the molecule is C[n+]1nn(Cc2ccccc2)cc1-c1ccccc1. The Balaban J connectivity index is 1.90. The highest BCUT2D eigenvalue weighted by atomic mass is 15.5. The van der Waals surface area contributed by atoms with E-state index in [1.54, 1.807) is 0 Å². The molecule has 1 aromatic heterocycles. The lowest BCUT2D eigenvalue weighted by Crippen LogP contribution is -2.33. The largest absolute Gasteiger partial charge is 0.197 e. The van der Waals surface area contributed by atoms with Gasteiger partial charge in [0.15, 0.2) is 11.9 Å². The molecule has 0 N–H and O–H groups in total. The number of aromatic nitrogens is 3. The average molecular weight is 250 g/mol. The van der Waals surface area contributed by atoms with Gasteiger partial charge in [0, 0.05) is 5.56 Å². The molecule has 0 radical (unpaired) electrons. The molecule has 3 aromatic rings. The van der Waals surface area contributed by atoms with Crippen molar-refractivity contribution in [3.05, 3.63) is 72.4 Å². The van der Waals surface area contributed by atoms with Crippen LogP contribution in [-0.4, -0.2) is 9.90 Å². The summed E-state index contributed by atoms with van der Waals surface area (Å²) in [5.74, 6) is 0. The highest BCUT2D eigenvalue weighted by Gasteiger charge is 2.14. The van der Waals surface area contributed by atoms with Gasteiger partial charge >= 0.3 is 0 Å². The molecule has 1 heterocycles. The first-order chi connectivity index (χ1) is 9.33. The van der Waals surface area contributed by atoms with Gasteiger partial charge in [-0.2, -0.15) is 0 Å². The van der Waals surface area contributed by atoms with Crippen molar-refractivity contribution in [2.75, 3.05) is 0 Å². The van der Waals surface area contributed by atoms with E-state index in [-0.39, 0.29) is 0 Å². The second-order valence-electron chi connectivity index (χ2n) is 4.58. The first-order valence-electron chi connectivity index (χ1n) is 6.36. The summed E-state index contributed by atoms with van der Waals surface area (Å²) < 4.78 is 3.88. The Morgan fingerprint density at radius 2 is 1.58 bits per heavy atom. The molecule has 0 amide bonds. The van der Waals surface area contributed by atoms with Crippen LogP contribution in [0.1, 0.15) is 5.56 Å². The molecule has 0 saturated heterocycles. The molecule has 19 heavy (non-hydrogen) atoms. The van der Waals surface area contributed by atoms with Gasteiger partial charge in [0.25, 0.3) is 0 Å². The predicted octanol–water partition coefficient (Wildman–Crippen LogP) is 2.42. The van der Waals surface area contributed by atoms with Crippen molar-refractivity contribution in [3.8, 4) is 11.3 Å². The quantitative estimate of drug-likeness (QED) is 0.654. The Kier molecular flexibility index (Phi) is 3.11. The first-order valence-corrected chi connectivity index (χ1v) is 6.36. The van der Waals surface area contributed by atoms with E-state index in [0.717, 1.165) is 12.2 Å². The Labute approximate surface area is 112 Å². The van der Waals surface area contributed by atoms with Crippen LogP contribution in [0.4, 0.5) is 0 Å². The van der Waals surface area contributed by atoms with Crippen LogP contribution in [0, 0.1) is 0 Å². The maximum Gasteiger partial charge on any atom is 0.197 e. The number of aryl methyl sites for hydroxylation is 1. The van der Waals surface area contributed by atoms with Crippen LogP contribution >= 0.6 is 0 Å². The maximum absolute atomic E-state index is 4.52. The summed E-state index contributed by atoms with van der Waals surface area (Å²) in [4.78, 5) is 0. The molecule has 0 bridgehead atoms. The van der Waals surface area contributed by atoms with E-state index in [1.165, 1.54) is 11.1 Å². The molecular weight excluding hydrogens is 234 g/mol. The lowest BCUT2D eigenvalue weighted by Gasteiger charge is -1.93. The minimum Gasteiger partial charge on any atom is -0.133 e. The number of hydrogen-bond acceptors (Lipinski definition) is 1. The van der Waals surface area contributed by atoms with Crippen molar-refractivity contribution >= 4 is 0 Å². The molecule has 0 atom stereocenters. The summed E-state index contributed by atoms with van der Waals surface area (Å²) in [5.41, 5.74) is 3.56. The van der Waals surface area contributed by atoms with Crippen molar-refractivity contribution in [1.82, 2.24) is 9.90 Å². The van der Waals surface area contributed by atoms with E-state index in [2.05, 4.69) is 47.8 Å². The van der Waals surface area contributed by atoms with Crippen LogP contribution in [-0.2, 0) is 13.6 Å². The molecule has 94 valence electrons. The van der Waals surface area contributed by atoms with Crippen molar-refractivity contribution in [1.29, 1.82) is 0 Å². The van der Waals surface area contributed by atoms with Gasteiger partial charge in [0.1, 0.15) is 13.6 Å². The number of nitrogens with zero attached hydrogens (tertiary/aromatic N) is 3. The smallest absolute Gasteiger partial charge is 0.133 e. The zero-order valence-corrected chi connectivity index (χ0v) is 10.9. The van der Waals surface area contributed by atoms with Crippen LogP contribution in [0.5, 0.6) is 0 Å². The third kappa shape index (κ3) is 2.55. The van der Waals surface area contributed by atoms with Crippen LogP contribution in [0.2, 0.25) is 0 Å². The van der Waals surface area contributed by atoms with Gasteiger partial charge in [-0.25, -0.2) is 0 Å². The zero-order valence-electron chi connectivity index (χ0n) is 10.9. The van der Waals surface area contributed by atoms with Crippen molar-refractivity contribution in [2.45, 2.75) is 6.54 Å². The summed E-state index contributed by atoms with van der Waals surface area (Å²) in [6, 6.07) is 20.7. The molecule has 0 fully saturated rings. The van der Waals surface area contributed by atoms with Gasteiger partial charge < -0.3 is 0 Å². The summed E-state index contributed by atoms with van der Waals surface area (Å²) in [5, 5.41) is 4.52. The van der Waals surface area contributed by atoms with Crippen LogP contribution in [0.25, 0.3) is 11.3 Å². The summed E-state index contributed by atoms with van der Waals surface area (Å²) in [7, 11) is 1.98. The van der Waals surface area contributed by atoms with E-state index in [9.17, 15) is 0 Å². The molecule has 2 aromatic carbocycles. The Bertz CT molecular complexity index is 657. The van der Waals surface area contributed by atoms with E-state index >= 15 is 0 Å². The van der Waals surface area contributed by atoms with Crippen molar-refractivity contribution in [3.63, 3.8) is 0 Å². The van der Waals surface area contributed by atoms with E-state index in [4.69, 9.17) is 0 Å². The summed E-state index contributed by atoms with van der Waals surface area (Å²) >= 11 is 0. The fraction of sp³-hybridized carbons (Fsp3) is 0.125. The van der Waals surface area contributed by atoms with Gasteiger partial charge in [0.05, 0.1) is 5.21 Å².